The minimum Gasteiger partial charge on any atom is -0.396 e. The van der Waals surface area contributed by atoms with Gasteiger partial charge < -0.3 is 15.2 Å². The quantitative estimate of drug-likeness (QED) is 0.272. The molecule has 2 N–H and O–H groups in total. The second-order valence-electron chi connectivity index (χ2n) is 8.25. The minimum absolute atomic E-state index is 0.191. The van der Waals surface area contributed by atoms with Gasteiger partial charge in [-0.3, -0.25) is 0 Å². The van der Waals surface area contributed by atoms with E-state index < -0.39 is 0 Å². The van der Waals surface area contributed by atoms with E-state index in [9.17, 15) is 5.11 Å². The van der Waals surface area contributed by atoms with Crippen LogP contribution >= 0.6 is 0 Å². The highest BCUT2D eigenvalue weighted by Gasteiger charge is 2.13. The molecule has 0 saturated carbocycles. The van der Waals surface area contributed by atoms with Gasteiger partial charge in [-0.05, 0) is 48.4 Å². The number of aliphatic hydroxyl groups is 1. The van der Waals surface area contributed by atoms with E-state index in [-0.39, 0.29) is 6.61 Å². The molecule has 170 valence electrons. The number of ether oxygens (including phenoxy) is 1. The highest BCUT2D eigenvalue weighted by Crippen LogP contribution is 2.27. The van der Waals surface area contributed by atoms with Crippen LogP contribution in [0.3, 0.4) is 0 Å². The summed E-state index contributed by atoms with van der Waals surface area (Å²) < 4.78 is 5.99. The third-order valence-electron chi connectivity index (χ3n) is 5.88. The van der Waals surface area contributed by atoms with Crippen molar-refractivity contribution in [2.75, 3.05) is 31.7 Å². The van der Waals surface area contributed by atoms with Crippen LogP contribution in [0.25, 0.3) is 0 Å². The van der Waals surface area contributed by atoms with Crippen LogP contribution in [0.5, 0.6) is 0 Å². The van der Waals surface area contributed by atoms with Crippen molar-refractivity contribution in [1.29, 1.82) is 0 Å². The molecular formula is C29H37NO2. The molecule has 0 aliphatic heterocycles. The van der Waals surface area contributed by atoms with Crippen LogP contribution in [-0.2, 0) is 11.2 Å². The SMILES string of the molecule is OCCc1ccccc1NCCCCCCOCCC(c1ccccc1)c1ccccc1. The van der Waals surface area contributed by atoms with Crippen LogP contribution in [0.15, 0.2) is 84.9 Å². The van der Waals surface area contributed by atoms with Gasteiger partial charge in [-0.15, -0.1) is 0 Å². The summed E-state index contributed by atoms with van der Waals surface area (Å²) in [5.74, 6) is 0.386. The molecule has 3 heteroatoms. The molecule has 3 aromatic carbocycles. The van der Waals surface area contributed by atoms with E-state index in [1.54, 1.807) is 0 Å². The Balaban J connectivity index is 1.28. The van der Waals surface area contributed by atoms with Gasteiger partial charge in [0.15, 0.2) is 0 Å². The number of hydrogen-bond donors (Lipinski definition) is 2. The Bertz CT molecular complexity index is 827. The van der Waals surface area contributed by atoms with Gasteiger partial charge in [-0.2, -0.15) is 0 Å². The zero-order valence-electron chi connectivity index (χ0n) is 19.1. The van der Waals surface area contributed by atoms with Crippen molar-refractivity contribution >= 4 is 5.69 Å². The highest BCUT2D eigenvalue weighted by atomic mass is 16.5. The molecule has 0 heterocycles. The molecule has 0 aromatic heterocycles. The lowest BCUT2D eigenvalue weighted by Gasteiger charge is -2.18. The van der Waals surface area contributed by atoms with E-state index in [2.05, 4.69) is 78.1 Å². The summed E-state index contributed by atoms with van der Waals surface area (Å²) in [6, 6.07) is 29.7. The van der Waals surface area contributed by atoms with Gasteiger partial charge in [0, 0.05) is 38.0 Å². The molecule has 0 fully saturated rings. The Hall–Kier alpha value is -2.62. The van der Waals surface area contributed by atoms with Crippen LogP contribution in [0.2, 0.25) is 0 Å². The minimum atomic E-state index is 0.191. The normalized spacial score (nSPS) is 11.1. The lowest BCUT2D eigenvalue weighted by molar-refractivity contribution is 0.125. The molecule has 0 radical (unpaired) electrons. The van der Waals surface area contributed by atoms with Gasteiger partial charge in [-0.1, -0.05) is 91.7 Å². The second-order valence-corrected chi connectivity index (χ2v) is 8.25. The lowest BCUT2D eigenvalue weighted by Crippen LogP contribution is -2.07. The zero-order chi connectivity index (χ0) is 22.3. The molecule has 0 atom stereocenters. The van der Waals surface area contributed by atoms with Crippen LogP contribution in [0.1, 0.15) is 54.7 Å². The zero-order valence-corrected chi connectivity index (χ0v) is 19.1. The number of hydrogen-bond acceptors (Lipinski definition) is 3. The summed E-state index contributed by atoms with van der Waals surface area (Å²) in [5, 5.41) is 12.7. The van der Waals surface area contributed by atoms with Gasteiger partial charge in [0.2, 0.25) is 0 Å². The number of benzene rings is 3. The summed E-state index contributed by atoms with van der Waals surface area (Å²) in [6.45, 7) is 2.79. The third kappa shape index (κ3) is 8.14. The van der Waals surface area contributed by atoms with Gasteiger partial charge >= 0.3 is 0 Å². The molecule has 32 heavy (non-hydrogen) atoms. The Morgan fingerprint density at radius 3 is 2.00 bits per heavy atom. The van der Waals surface area contributed by atoms with Crippen molar-refractivity contribution in [2.45, 2.75) is 44.4 Å². The Morgan fingerprint density at radius 1 is 0.688 bits per heavy atom. The Kier molecular flexibility index (Phi) is 10.8. The maximum absolute atomic E-state index is 9.18. The number of aliphatic hydroxyl groups excluding tert-OH is 1. The Morgan fingerprint density at radius 2 is 1.31 bits per heavy atom. The van der Waals surface area contributed by atoms with Crippen LogP contribution in [0, 0.1) is 0 Å². The fraction of sp³-hybridized carbons (Fsp3) is 0.379. The molecule has 3 rings (SSSR count). The van der Waals surface area contributed by atoms with Crippen molar-refractivity contribution in [3.8, 4) is 0 Å². The largest absolute Gasteiger partial charge is 0.396 e. The van der Waals surface area contributed by atoms with Gasteiger partial charge in [0.1, 0.15) is 0 Å². The number of nitrogens with one attached hydrogen (secondary N) is 1. The molecule has 3 aromatic rings. The van der Waals surface area contributed by atoms with E-state index >= 15 is 0 Å². The van der Waals surface area contributed by atoms with Gasteiger partial charge in [0.25, 0.3) is 0 Å². The molecule has 0 spiro atoms. The maximum atomic E-state index is 9.18. The maximum Gasteiger partial charge on any atom is 0.0475 e. The van der Waals surface area contributed by atoms with E-state index in [0.29, 0.717) is 12.3 Å². The van der Waals surface area contributed by atoms with Crippen molar-refractivity contribution < 1.29 is 9.84 Å². The average Bonchev–Trinajstić information content (AvgIpc) is 2.85. The van der Waals surface area contributed by atoms with E-state index in [0.717, 1.165) is 44.7 Å². The molecule has 0 aliphatic carbocycles. The molecule has 0 bridgehead atoms. The fourth-order valence-electron chi connectivity index (χ4n) is 4.14. The number of para-hydroxylation sites is 1. The summed E-state index contributed by atoms with van der Waals surface area (Å²) >= 11 is 0. The molecule has 3 nitrogen and oxygen atoms in total. The molecule has 0 amide bonds. The first-order valence-electron chi connectivity index (χ1n) is 12.0. The van der Waals surface area contributed by atoms with Crippen LogP contribution in [0.4, 0.5) is 5.69 Å². The van der Waals surface area contributed by atoms with E-state index in [1.807, 2.05) is 12.1 Å². The van der Waals surface area contributed by atoms with Gasteiger partial charge in [0.05, 0.1) is 0 Å². The average molecular weight is 432 g/mol. The van der Waals surface area contributed by atoms with E-state index in [1.165, 1.54) is 29.5 Å². The highest BCUT2D eigenvalue weighted by molar-refractivity contribution is 5.51. The number of anilines is 1. The predicted octanol–water partition coefficient (Wildman–Crippen LogP) is 6.43. The first-order chi connectivity index (χ1) is 15.9. The van der Waals surface area contributed by atoms with E-state index in [4.69, 9.17) is 4.74 Å². The number of unbranched alkanes of at least 4 members (excludes halogenated alkanes) is 3. The Labute approximate surface area is 193 Å². The van der Waals surface area contributed by atoms with Crippen molar-refractivity contribution in [3.05, 3.63) is 102 Å². The van der Waals surface area contributed by atoms with Gasteiger partial charge in [-0.25, -0.2) is 0 Å². The number of rotatable bonds is 15. The fourth-order valence-corrected chi connectivity index (χ4v) is 4.14. The van der Waals surface area contributed by atoms with Crippen LogP contribution < -0.4 is 5.32 Å². The van der Waals surface area contributed by atoms with Crippen molar-refractivity contribution in [1.82, 2.24) is 0 Å². The summed E-state index contributed by atoms with van der Waals surface area (Å²) in [6.07, 6.45) is 6.37. The first-order valence-corrected chi connectivity index (χ1v) is 12.0. The molecule has 0 aliphatic rings. The standard InChI is InChI=1S/C29H37NO2/c31-22-19-27-17-9-10-18-29(27)30-21-11-1-2-12-23-32-24-20-28(25-13-5-3-6-14-25)26-15-7-4-8-16-26/h3-10,13-18,28,30-31H,1-2,11-12,19-24H2. The first kappa shape index (κ1) is 24.0. The topological polar surface area (TPSA) is 41.5 Å². The summed E-state index contributed by atoms with van der Waals surface area (Å²) in [5.41, 5.74) is 5.05. The molecular weight excluding hydrogens is 394 g/mol. The smallest absolute Gasteiger partial charge is 0.0475 e. The molecule has 0 unspecified atom stereocenters. The summed E-state index contributed by atoms with van der Waals surface area (Å²) in [7, 11) is 0. The second kappa shape index (κ2) is 14.4. The van der Waals surface area contributed by atoms with Crippen molar-refractivity contribution in [3.63, 3.8) is 0 Å². The third-order valence-corrected chi connectivity index (χ3v) is 5.88. The lowest BCUT2D eigenvalue weighted by atomic mass is 9.89. The molecule has 0 saturated heterocycles. The van der Waals surface area contributed by atoms with Crippen molar-refractivity contribution in [2.24, 2.45) is 0 Å². The monoisotopic (exact) mass is 431 g/mol. The predicted molar refractivity (Wildman–Crippen MR) is 134 cm³/mol. The summed E-state index contributed by atoms with van der Waals surface area (Å²) in [4.78, 5) is 0. The van der Waals surface area contributed by atoms with Crippen LogP contribution in [-0.4, -0.2) is 31.5 Å².